The van der Waals surface area contributed by atoms with Crippen LogP contribution >= 0.6 is 22.6 Å². The van der Waals surface area contributed by atoms with Crippen LogP contribution in [-0.2, 0) is 0 Å². The van der Waals surface area contributed by atoms with E-state index in [9.17, 15) is 4.79 Å². The molecule has 1 atom stereocenters. The van der Waals surface area contributed by atoms with Crippen molar-refractivity contribution in [2.24, 2.45) is 5.92 Å². The molecule has 0 aromatic carbocycles. The quantitative estimate of drug-likeness (QED) is 0.678. The Morgan fingerprint density at radius 2 is 2.07 bits per heavy atom. The average molecular weight is 319 g/mol. The summed E-state index contributed by atoms with van der Waals surface area (Å²) in [5.41, 5.74) is 0.507. The Balaban J connectivity index is 2.63. The molecule has 0 spiro atoms. The molecule has 1 aromatic heterocycles. The van der Waals surface area contributed by atoms with Gasteiger partial charge in [-0.05, 0) is 5.92 Å². The summed E-state index contributed by atoms with van der Waals surface area (Å²) >= 11 is 2.27. The highest BCUT2D eigenvalue weighted by molar-refractivity contribution is 14.1. The predicted molar refractivity (Wildman–Crippen MR) is 67.0 cm³/mol. The third-order valence-corrected chi connectivity index (χ3v) is 3.06. The van der Waals surface area contributed by atoms with Crippen molar-refractivity contribution in [2.75, 3.05) is 4.43 Å². The molecule has 0 fully saturated rings. The normalized spacial score (nSPS) is 12.5. The molecule has 1 amide bonds. The molecular formula is C10H14IN3O. The highest BCUT2D eigenvalue weighted by Crippen LogP contribution is 2.06. The average Bonchev–Trinajstić information content (AvgIpc) is 2.26. The lowest BCUT2D eigenvalue weighted by atomic mass is 10.1. The van der Waals surface area contributed by atoms with E-state index in [0.717, 1.165) is 4.43 Å². The van der Waals surface area contributed by atoms with Gasteiger partial charge in [-0.25, -0.2) is 9.97 Å². The first kappa shape index (κ1) is 12.4. The van der Waals surface area contributed by atoms with Gasteiger partial charge in [0, 0.05) is 22.9 Å². The third kappa shape index (κ3) is 3.73. The Morgan fingerprint density at radius 1 is 1.47 bits per heavy atom. The van der Waals surface area contributed by atoms with E-state index in [1.165, 1.54) is 18.7 Å². The zero-order valence-electron chi connectivity index (χ0n) is 8.77. The maximum absolute atomic E-state index is 11.7. The topological polar surface area (TPSA) is 54.9 Å². The largest absolute Gasteiger partial charge is 0.348 e. The van der Waals surface area contributed by atoms with E-state index < -0.39 is 0 Å². The molecule has 0 radical (unpaired) electrons. The summed E-state index contributed by atoms with van der Waals surface area (Å²) < 4.78 is 0.898. The number of hydrogen-bond acceptors (Lipinski definition) is 3. The summed E-state index contributed by atoms with van der Waals surface area (Å²) in [5.74, 6) is 0.321. The lowest BCUT2D eigenvalue weighted by molar-refractivity contribution is 0.0931. The molecule has 0 saturated heterocycles. The number of carbonyl (C=O) groups excluding carboxylic acids is 1. The number of rotatable bonds is 4. The van der Waals surface area contributed by atoms with Crippen molar-refractivity contribution in [3.8, 4) is 0 Å². The number of alkyl halides is 1. The number of hydrogen-bond donors (Lipinski definition) is 1. The van der Waals surface area contributed by atoms with E-state index in [1.54, 1.807) is 0 Å². The summed E-state index contributed by atoms with van der Waals surface area (Å²) in [4.78, 5) is 19.3. The van der Waals surface area contributed by atoms with Gasteiger partial charge in [0.2, 0.25) is 0 Å². The van der Waals surface area contributed by atoms with Crippen molar-refractivity contribution < 1.29 is 4.79 Å². The summed E-state index contributed by atoms with van der Waals surface area (Å²) in [6.07, 6.45) is 4.45. The highest BCUT2D eigenvalue weighted by Gasteiger charge is 2.15. The SMILES string of the molecule is CC(C)C(CI)NC(=O)c1cncnc1. The molecule has 15 heavy (non-hydrogen) atoms. The Hall–Kier alpha value is -0.720. The van der Waals surface area contributed by atoms with E-state index in [4.69, 9.17) is 0 Å². The van der Waals surface area contributed by atoms with Crippen LogP contribution in [0.25, 0.3) is 0 Å². The molecule has 4 nitrogen and oxygen atoms in total. The van der Waals surface area contributed by atoms with Gasteiger partial charge >= 0.3 is 0 Å². The molecule has 1 aromatic rings. The molecule has 5 heteroatoms. The number of nitrogens with zero attached hydrogens (tertiary/aromatic N) is 2. The molecule has 1 heterocycles. The zero-order chi connectivity index (χ0) is 11.3. The Morgan fingerprint density at radius 3 is 2.53 bits per heavy atom. The highest BCUT2D eigenvalue weighted by atomic mass is 127. The number of aromatic nitrogens is 2. The molecule has 0 aliphatic carbocycles. The molecule has 1 rings (SSSR count). The van der Waals surface area contributed by atoms with Gasteiger partial charge in [-0.3, -0.25) is 4.79 Å². The van der Waals surface area contributed by atoms with Gasteiger partial charge in [0.05, 0.1) is 5.56 Å². The Bertz CT molecular complexity index is 316. The maximum Gasteiger partial charge on any atom is 0.254 e. The van der Waals surface area contributed by atoms with E-state index >= 15 is 0 Å². The first-order valence-corrected chi connectivity index (χ1v) is 6.29. The van der Waals surface area contributed by atoms with Gasteiger partial charge in [0.25, 0.3) is 5.91 Å². The predicted octanol–water partition coefficient (Wildman–Crippen LogP) is 1.67. The lowest BCUT2D eigenvalue weighted by Gasteiger charge is -2.19. The molecule has 0 aliphatic heterocycles. The van der Waals surface area contributed by atoms with Crippen LogP contribution in [0.2, 0.25) is 0 Å². The first-order valence-electron chi connectivity index (χ1n) is 4.77. The van der Waals surface area contributed by atoms with Gasteiger partial charge in [-0.2, -0.15) is 0 Å². The van der Waals surface area contributed by atoms with Crippen LogP contribution in [0.4, 0.5) is 0 Å². The number of amides is 1. The minimum absolute atomic E-state index is 0.106. The van der Waals surface area contributed by atoms with Crippen LogP contribution in [0.15, 0.2) is 18.7 Å². The van der Waals surface area contributed by atoms with Crippen molar-refractivity contribution >= 4 is 28.5 Å². The number of nitrogens with one attached hydrogen (secondary N) is 1. The van der Waals surface area contributed by atoms with Crippen molar-refractivity contribution in [3.05, 3.63) is 24.3 Å². The van der Waals surface area contributed by atoms with Crippen molar-refractivity contribution in [1.29, 1.82) is 0 Å². The zero-order valence-corrected chi connectivity index (χ0v) is 10.9. The second-order valence-corrected chi connectivity index (χ2v) is 4.49. The third-order valence-electron chi connectivity index (χ3n) is 2.11. The fourth-order valence-electron chi connectivity index (χ4n) is 1.05. The fraction of sp³-hybridized carbons (Fsp3) is 0.500. The van der Waals surface area contributed by atoms with E-state index in [-0.39, 0.29) is 11.9 Å². The van der Waals surface area contributed by atoms with Crippen LogP contribution in [0.1, 0.15) is 24.2 Å². The molecule has 1 N–H and O–H groups in total. The van der Waals surface area contributed by atoms with Gasteiger partial charge in [-0.1, -0.05) is 36.4 Å². The number of halogens is 1. The molecule has 0 bridgehead atoms. The van der Waals surface area contributed by atoms with Gasteiger partial charge in [-0.15, -0.1) is 0 Å². The Labute approximate surface area is 103 Å². The molecule has 0 saturated carbocycles. The standard InChI is InChI=1S/C10H14IN3O/c1-7(2)9(3-11)14-10(15)8-4-12-6-13-5-8/h4-7,9H,3H2,1-2H3,(H,14,15). The summed E-state index contributed by atoms with van der Waals surface area (Å²) in [6, 6.07) is 0.193. The lowest BCUT2D eigenvalue weighted by Crippen LogP contribution is -2.39. The molecular weight excluding hydrogens is 305 g/mol. The van der Waals surface area contributed by atoms with Crippen LogP contribution in [0.3, 0.4) is 0 Å². The fourth-order valence-corrected chi connectivity index (χ4v) is 2.29. The smallest absolute Gasteiger partial charge is 0.254 e. The minimum Gasteiger partial charge on any atom is -0.348 e. The molecule has 1 unspecified atom stereocenters. The van der Waals surface area contributed by atoms with Crippen molar-refractivity contribution in [3.63, 3.8) is 0 Å². The van der Waals surface area contributed by atoms with Crippen LogP contribution in [0.5, 0.6) is 0 Å². The maximum atomic E-state index is 11.7. The van der Waals surface area contributed by atoms with Crippen LogP contribution in [-0.4, -0.2) is 26.3 Å². The van der Waals surface area contributed by atoms with E-state index in [1.807, 2.05) is 0 Å². The van der Waals surface area contributed by atoms with Gasteiger partial charge in [0.15, 0.2) is 0 Å². The van der Waals surface area contributed by atoms with E-state index in [0.29, 0.717) is 11.5 Å². The van der Waals surface area contributed by atoms with E-state index in [2.05, 4.69) is 51.7 Å². The van der Waals surface area contributed by atoms with Gasteiger partial charge in [0.1, 0.15) is 6.33 Å². The van der Waals surface area contributed by atoms with Crippen molar-refractivity contribution in [1.82, 2.24) is 15.3 Å². The molecule has 0 aliphatic rings. The van der Waals surface area contributed by atoms with Crippen LogP contribution < -0.4 is 5.32 Å². The minimum atomic E-state index is -0.106. The summed E-state index contributed by atoms with van der Waals surface area (Å²) in [6.45, 7) is 4.18. The second-order valence-electron chi connectivity index (χ2n) is 3.61. The Kier molecular flexibility index (Phi) is 4.93. The second kappa shape index (κ2) is 5.99. The number of carbonyl (C=O) groups is 1. The first-order chi connectivity index (χ1) is 7.15. The molecule has 82 valence electrons. The van der Waals surface area contributed by atoms with Crippen LogP contribution in [0, 0.1) is 5.92 Å². The van der Waals surface area contributed by atoms with Crippen molar-refractivity contribution in [2.45, 2.75) is 19.9 Å². The summed E-state index contributed by atoms with van der Waals surface area (Å²) in [7, 11) is 0. The summed E-state index contributed by atoms with van der Waals surface area (Å²) in [5, 5.41) is 2.96. The monoisotopic (exact) mass is 319 g/mol. The van der Waals surface area contributed by atoms with Gasteiger partial charge < -0.3 is 5.32 Å².